The van der Waals surface area contributed by atoms with E-state index in [2.05, 4.69) is 5.32 Å². The zero-order valence-corrected chi connectivity index (χ0v) is 10.2. The number of ether oxygens (including phenoxy) is 1. The fraction of sp³-hybridized carbons (Fsp3) is 0.800. The molecule has 94 valence electrons. The van der Waals surface area contributed by atoms with E-state index in [9.17, 15) is 9.59 Å². The van der Waals surface area contributed by atoms with Crippen LogP contribution in [0.5, 0.6) is 0 Å². The van der Waals surface area contributed by atoms with Crippen molar-refractivity contribution >= 4 is 11.8 Å². The second kappa shape index (κ2) is 8.06. The van der Waals surface area contributed by atoms with E-state index in [1.165, 1.54) is 4.90 Å². The number of nitrogens with two attached hydrogens (primary N) is 1. The predicted octanol–water partition coefficient (Wildman–Crippen LogP) is -1.06. The van der Waals surface area contributed by atoms with Gasteiger partial charge in [-0.3, -0.25) is 9.59 Å². The molecule has 2 amide bonds. The fourth-order valence-corrected chi connectivity index (χ4v) is 1.10. The molecule has 0 saturated carbocycles. The highest BCUT2D eigenvalue weighted by Crippen LogP contribution is 1.93. The van der Waals surface area contributed by atoms with Crippen molar-refractivity contribution in [1.29, 1.82) is 0 Å². The highest BCUT2D eigenvalue weighted by Gasteiger charge is 2.17. The summed E-state index contributed by atoms with van der Waals surface area (Å²) < 4.78 is 4.79. The quantitative estimate of drug-likeness (QED) is 0.547. The zero-order chi connectivity index (χ0) is 12.6. The van der Waals surface area contributed by atoms with Crippen LogP contribution in [0.3, 0.4) is 0 Å². The lowest BCUT2D eigenvalue weighted by Crippen LogP contribution is -2.46. The normalized spacial score (nSPS) is 12.0. The molecule has 6 nitrogen and oxygen atoms in total. The van der Waals surface area contributed by atoms with Crippen LogP contribution in [-0.2, 0) is 14.3 Å². The van der Waals surface area contributed by atoms with Crippen molar-refractivity contribution in [3.05, 3.63) is 0 Å². The molecule has 0 radical (unpaired) electrons. The first kappa shape index (κ1) is 14.9. The summed E-state index contributed by atoms with van der Waals surface area (Å²) in [6.45, 7) is 2.75. The topological polar surface area (TPSA) is 84.7 Å². The van der Waals surface area contributed by atoms with Crippen LogP contribution in [0.2, 0.25) is 0 Å². The SMILES string of the molecule is CC[C@H](N)C(=O)N(C)CC(=O)NCCOC. The number of likely N-dealkylation sites (N-methyl/N-ethyl adjacent to an activating group) is 1. The van der Waals surface area contributed by atoms with E-state index in [-0.39, 0.29) is 18.4 Å². The fourth-order valence-electron chi connectivity index (χ4n) is 1.10. The highest BCUT2D eigenvalue weighted by molar-refractivity contribution is 5.87. The van der Waals surface area contributed by atoms with Gasteiger partial charge in [-0.25, -0.2) is 0 Å². The lowest BCUT2D eigenvalue weighted by atomic mass is 10.2. The zero-order valence-electron chi connectivity index (χ0n) is 10.2. The third kappa shape index (κ3) is 5.67. The van der Waals surface area contributed by atoms with E-state index in [1.807, 2.05) is 6.92 Å². The summed E-state index contributed by atoms with van der Waals surface area (Å²) in [5, 5.41) is 2.63. The van der Waals surface area contributed by atoms with Crippen LogP contribution in [0, 0.1) is 0 Å². The summed E-state index contributed by atoms with van der Waals surface area (Å²) in [6.07, 6.45) is 0.564. The molecule has 0 spiro atoms. The minimum atomic E-state index is -0.531. The van der Waals surface area contributed by atoms with Crippen molar-refractivity contribution in [1.82, 2.24) is 10.2 Å². The number of hydrogen-bond acceptors (Lipinski definition) is 4. The van der Waals surface area contributed by atoms with Crippen molar-refractivity contribution < 1.29 is 14.3 Å². The molecule has 0 aliphatic carbocycles. The number of carbonyl (C=O) groups is 2. The molecule has 0 heterocycles. The molecular weight excluding hydrogens is 210 g/mol. The molecular formula is C10H21N3O3. The Kier molecular flexibility index (Phi) is 7.49. The van der Waals surface area contributed by atoms with Crippen LogP contribution in [0.4, 0.5) is 0 Å². The van der Waals surface area contributed by atoms with Crippen molar-refractivity contribution in [2.24, 2.45) is 5.73 Å². The number of nitrogens with zero attached hydrogens (tertiary/aromatic N) is 1. The molecule has 3 N–H and O–H groups in total. The van der Waals surface area contributed by atoms with Gasteiger partial charge in [0.2, 0.25) is 11.8 Å². The average molecular weight is 231 g/mol. The monoisotopic (exact) mass is 231 g/mol. The second-order valence-electron chi connectivity index (χ2n) is 3.55. The van der Waals surface area contributed by atoms with Crippen LogP contribution < -0.4 is 11.1 Å². The molecule has 0 aromatic carbocycles. The smallest absolute Gasteiger partial charge is 0.239 e. The number of nitrogens with one attached hydrogen (secondary N) is 1. The molecule has 0 unspecified atom stereocenters. The van der Waals surface area contributed by atoms with Gasteiger partial charge in [-0.15, -0.1) is 0 Å². The van der Waals surface area contributed by atoms with Crippen molar-refractivity contribution in [3.8, 4) is 0 Å². The van der Waals surface area contributed by atoms with Gasteiger partial charge >= 0.3 is 0 Å². The third-order valence-corrected chi connectivity index (χ3v) is 2.14. The Morgan fingerprint density at radius 2 is 2.12 bits per heavy atom. The molecule has 16 heavy (non-hydrogen) atoms. The van der Waals surface area contributed by atoms with Gasteiger partial charge in [0.05, 0.1) is 19.2 Å². The van der Waals surface area contributed by atoms with Crippen molar-refractivity contribution in [2.75, 3.05) is 33.9 Å². The highest BCUT2D eigenvalue weighted by atomic mass is 16.5. The molecule has 0 aromatic heterocycles. The van der Waals surface area contributed by atoms with Gasteiger partial charge in [-0.2, -0.15) is 0 Å². The lowest BCUT2D eigenvalue weighted by Gasteiger charge is -2.19. The summed E-state index contributed by atoms with van der Waals surface area (Å²) in [5.74, 6) is -0.430. The van der Waals surface area contributed by atoms with Gasteiger partial charge in [0.1, 0.15) is 0 Å². The molecule has 0 rings (SSSR count). The van der Waals surface area contributed by atoms with Gasteiger partial charge in [0.15, 0.2) is 0 Å². The predicted molar refractivity (Wildman–Crippen MR) is 60.8 cm³/mol. The molecule has 0 bridgehead atoms. The summed E-state index contributed by atoms with van der Waals surface area (Å²) in [5.41, 5.74) is 5.57. The lowest BCUT2D eigenvalue weighted by molar-refractivity contribution is -0.135. The maximum atomic E-state index is 11.5. The Balaban J connectivity index is 3.89. The largest absolute Gasteiger partial charge is 0.383 e. The van der Waals surface area contributed by atoms with Crippen molar-refractivity contribution in [3.63, 3.8) is 0 Å². The number of rotatable bonds is 7. The maximum Gasteiger partial charge on any atom is 0.239 e. The molecule has 0 aromatic rings. The molecule has 0 saturated heterocycles. The van der Waals surface area contributed by atoms with E-state index in [4.69, 9.17) is 10.5 Å². The number of methoxy groups -OCH3 is 1. The Labute approximate surface area is 96.1 Å². The molecule has 0 aliphatic rings. The Bertz CT molecular complexity index is 233. The van der Waals surface area contributed by atoms with Crippen LogP contribution in [0.15, 0.2) is 0 Å². The summed E-state index contributed by atoms with van der Waals surface area (Å²) >= 11 is 0. The molecule has 0 aliphatic heterocycles. The number of carbonyl (C=O) groups excluding carboxylic acids is 2. The van der Waals surface area contributed by atoms with Crippen LogP contribution >= 0.6 is 0 Å². The minimum Gasteiger partial charge on any atom is -0.383 e. The first-order chi connectivity index (χ1) is 7.52. The number of hydrogen-bond donors (Lipinski definition) is 2. The van der Waals surface area contributed by atoms with Crippen LogP contribution in [-0.4, -0.2) is 56.6 Å². The van der Waals surface area contributed by atoms with Crippen molar-refractivity contribution in [2.45, 2.75) is 19.4 Å². The molecule has 0 fully saturated rings. The first-order valence-electron chi connectivity index (χ1n) is 5.29. The van der Waals surface area contributed by atoms with Gasteiger partial charge in [0, 0.05) is 20.7 Å². The summed E-state index contributed by atoms with van der Waals surface area (Å²) in [6, 6.07) is -0.531. The van der Waals surface area contributed by atoms with E-state index in [0.29, 0.717) is 19.6 Å². The van der Waals surface area contributed by atoms with Gasteiger partial charge in [0.25, 0.3) is 0 Å². The van der Waals surface area contributed by atoms with Gasteiger partial charge in [-0.1, -0.05) is 6.92 Å². The first-order valence-corrected chi connectivity index (χ1v) is 5.29. The molecule has 6 heteroatoms. The maximum absolute atomic E-state index is 11.5. The summed E-state index contributed by atoms with van der Waals surface area (Å²) in [4.78, 5) is 24.2. The standard InChI is InChI=1S/C10H21N3O3/c1-4-8(11)10(15)13(2)7-9(14)12-5-6-16-3/h8H,4-7,11H2,1-3H3,(H,12,14)/t8-/m0/s1. The third-order valence-electron chi connectivity index (χ3n) is 2.14. The van der Waals surface area contributed by atoms with Gasteiger partial charge in [-0.05, 0) is 6.42 Å². The van der Waals surface area contributed by atoms with E-state index in [1.54, 1.807) is 14.2 Å². The Morgan fingerprint density at radius 3 is 2.62 bits per heavy atom. The second-order valence-corrected chi connectivity index (χ2v) is 3.55. The minimum absolute atomic E-state index is 0.0241. The van der Waals surface area contributed by atoms with E-state index in [0.717, 1.165) is 0 Å². The van der Waals surface area contributed by atoms with Gasteiger partial charge < -0.3 is 20.7 Å². The number of amides is 2. The van der Waals surface area contributed by atoms with E-state index >= 15 is 0 Å². The van der Waals surface area contributed by atoms with E-state index < -0.39 is 6.04 Å². The van der Waals surface area contributed by atoms with Crippen LogP contribution in [0.25, 0.3) is 0 Å². The molecule has 1 atom stereocenters. The Morgan fingerprint density at radius 1 is 1.50 bits per heavy atom. The average Bonchev–Trinajstić information content (AvgIpc) is 2.27. The Hall–Kier alpha value is -1.14. The van der Waals surface area contributed by atoms with Crippen LogP contribution in [0.1, 0.15) is 13.3 Å². The summed E-state index contributed by atoms with van der Waals surface area (Å²) in [7, 11) is 3.12.